The van der Waals surface area contributed by atoms with Gasteiger partial charge in [0.05, 0.1) is 0 Å². The van der Waals surface area contributed by atoms with Gasteiger partial charge in [-0.1, -0.05) is 70.4 Å². The Hall–Kier alpha value is -2.63. The molecule has 0 aliphatic carbocycles. The van der Waals surface area contributed by atoms with Crippen LogP contribution >= 0.6 is 0 Å². The highest BCUT2D eigenvalue weighted by Crippen LogP contribution is 2.23. The summed E-state index contributed by atoms with van der Waals surface area (Å²) in [5.74, 6) is -2.01. The van der Waals surface area contributed by atoms with Crippen LogP contribution in [-0.4, -0.2) is 23.0 Å². The van der Waals surface area contributed by atoms with Crippen LogP contribution in [0.5, 0.6) is 5.75 Å². The van der Waals surface area contributed by atoms with E-state index < -0.39 is 11.9 Å². The molecule has 0 radical (unpaired) electrons. The van der Waals surface area contributed by atoms with Gasteiger partial charge in [-0.05, 0) is 50.3 Å². The van der Waals surface area contributed by atoms with Gasteiger partial charge in [-0.15, -0.1) is 0 Å². The molecule has 0 unspecified atom stereocenters. The molecule has 0 bridgehead atoms. The van der Waals surface area contributed by atoms with Crippen molar-refractivity contribution in [3.05, 3.63) is 35.9 Å². The number of carbonyl (C=O) groups excluding carboxylic acids is 2. The van der Waals surface area contributed by atoms with Gasteiger partial charge in [-0.2, -0.15) is 0 Å². The van der Waals surface area contributed by atoms with Crippen LogP contribution in [0, 0.1) is 0 Å². The van der Waals surface area contributed by atoms with Crippen molar-refractivity contribution in [2.75, 3.05) is 5.32 Å². The van der Waals surface area contributed by atoms with Crippen molar-refractivity contribution in [1.29, 1.82) is 0 Å². The number of carboxylic acids is 1. The molecule has 0 aliphatic heterocycles. The number of nitrogens with one attached hydrogen (secondary N) is 1. The summed E-state index contributed by atoms with van der Waals surface area (Å²) in [5, 5.41) is 12.0. The second-order valence-electron chi connectivity index (χ2n) is 8.49. The van der Waals surface area contributed by atoms with E-state index in [0.717, 1.165) is 25.7 Å². The van der Waals surface area contributed by atoms with Gasteiger partial charge in [-0.3, -0.25) is 9.59 Å². The van der Waals surface area contributed by atoms with Gasteiger partial charge in [0.2, 0.25) is 5.91 Å². The zero-order valence-corrected chi connectivity index (χ0v) is 20.4. The number of hydrogen-bond acceptors (Lipinski definition) is 4. The number of hydrogen-bond donors (Lipinski definition) is 2. The minimum absolute atomic E-state index is 0.0368. The molecule has 6 nitrogen and oxygen atoms in total. The van der Waals surface area contributed by atoms with Gasteiger partial charge in [0.25, 0.3) is 0 Å². The average molecular weight is 460 g/mol. The molecule has 1 amide bonds. The summed E-state index contributed by atoms with van der Waals surface area (Å²) in [7, 11) is 0. The van der Waals surface area contributed by atoms with Crippen LogP contribution in [-0.2, 0) is 9.59 Å². The lowest BCUT2D eigenvalue weighted by atomic mass is 10.1. The molecule has 6 heteroatoms. The van der Waals surface area contributed by atoms with E-state index in [2.05, 4.69) is 24.4 Å². The third kappa shape index (κ3) is 14.2. The van der Waals surface area contributed by atoms with Gasteiger partial charge < -0.3 is 15.2 Å². The highest BCUT2D eigenvalue weighted by atomic mass is 16.5. The molecule has 184 valence electrons. The fourth-order valence-corrected chi connectivity index (χ4v) is 3.60. The van der Waals surface area contributed by atoms with Crippen molar-refractivity contribution >= 4 is 23.5 Å². The summed E-state index contributed by atoms with van der Waals surface area (Å²) in [6.07, 6.45) is 20.7. The number of aromatic carboxylic acids is 1. The standard InChI is InChI=1S/C27H41NO5/c1-3-4-5-6-7-8-9-10-11-12-13-14-15-16-17-18-26(30)28-23-19-20-25(33-22(2)29)24(21-23)27(31)32/h10-11,19-21H,3-9,12-18H2,1-2H3,(H,28,30)(H,31,32). The fraction of sp³-hybridized carbons (Fsp3) is 0.593. The molecular weight excluding hydrogens is 418 g/mol. The molecule has 1 aromatic rings. The molecule has 0 heterocycles. The molecule has 0 saturated carbocycles. The summed E-state index contributed by atoms with van der Waals surface area (Å²) in [6, 6.07) is 4.21. The van der Waals surface area contributed by atoms with Crippen LogP contribution in [0.3, 0.4) is 0 Å². The number of rotatable bonds is 18. The quantitative estimate of drug-likeness (QED) is 0.104. The summed E-state index contributed by atoms with van der Waals surface area (Å²) in [4.78, 5) is 34.6. The van der Waals surface area contributed by atoms with Crippen molar-refractivity contribution in [2.45, 2.75) is 104 Å². The lowest BCUT2D eigenvalue weighted by Gasteiger charge is -2.09. The largest absolute Gasteiger partial charge is 0.478 e. The lowest BCUT2D eigenvalue weighted by Crippen LogP contribution is -2.13. The zero-order chi connectivity index (χ0) is 24.3. The van der Waals surface area contributed by atoms with E-state index in [1.807, 2.05) is 0 Å². The SMILES string of the molecule is CCCCCCCCC=CCCCCCCCC(=O)Nc1ccc(OC(C)=O)c(C(=O)O)c1. The maximum atomic E-state index is 12.1. The highest BCUT2D eigenvalue weighted by Gasteiger charge is 2.15. The Morgan fingerprint density at radius 3 is 2.03 bits per heavy atom. The molecule has 1 aromatic carbocycles. The van der Waals surface area contributed by atoms with Gasteiger partial charge in [0, 0.05) is 19.0 Å². The summed E-state index contributed by atoms with van der Waals surface area (Å²) in [6.45, 7) is 3.45. The van der Waals surface area contributed by atoms with Gasteiger partial charge in [0.1, 0.15) is 11.3 Å². The van der Waals surface area contributed by atoms with Crippen molar-refractivity contribution in [3.63, 3.8) is 0 Å². The number of ether oxygens (including phenoxy) is 1. The van der Waals surface area contributed by atoms with Crippen molar-refractivity contribution < 1.29 is 24.2 Å². The third-order valence-corrected chi connectivity index (χ3v) is 5.41. The zero-order valence-electron chi connectivity index (χ0n) is 20.4. The summed E-state index contributed by atoms with van der Waals surface area (Å²) in [5.41, 5.74) is 0.213. The maximum absolute atomic E-state index is 12.1. The Bertz CT molecular complexity index is 757. The first kappa shape index (κ1) is 28.4. The van der Waals surface area contributed by atoms with E-state index in [-0.39, 0.29) is 17.2 Å². The smallest absolute Gasteiger partial charge is 0.339 e. The van der Waals surface area contributed by atoms with Crippen molar-refractivity contribution in [2.24, 2.45) is 0 Å². The van der Waals surface area contributed by atoms with Crippen LogP contribution < -0.4 is 10.1 Å². The molecule has 1 rings (SSSR count). The molecule has 33 heavy (non-hydrogen) atoms. The van der Waals surface area contributed by atoms with Crippen LogP contribution in [0.25, 0.3) is 0 Å². The van der Waals surface area contributed by atoms with Crippen molar-refractivity contribution in [1.82, 2.24) is 0 Å². The molecule has 2 N–H and O–H groups in total. The maximum Gasteiger partial charge on any atom is 0.339 e. The Labute approximate surface area is 198 Å². The van der Waals surface area contributed by atoms with Gasteiger partial charge in [0.15, 0.2) is 0 Å². The van der Waals surface area contributed by atoms with E-state index in [1.54, 1.807) is 0 Å². The molecule has 0 aromatic heterocycles. The first-order valence-corrected chi connectivity index (χ1v) is 12.4. The monoisotopic (exact) mass is 459 g/mol. The first-order valence-electron chi connectivity index (χ1n) is 12.4. The second-order valence-corrected chi connectivity index (χ2v) is 8.49. The Morgan fingerprint density at radius 2 is 1.45 bits per heavy atom. The summed E-state index contributed by atoms with van der Waals surface area (Å²) >= 11 is 0. The summed E-state index contributed by atoms with van der Waals surface area (Å²) < 4.78 is 4.89. The molecule has 0 aliphatic rings. The van der Waals surface area contributed by atoms with E-state index in [0.29, 0.717) is 12.1 Å². The second kappa shape index (κ2) is 17.9. The van der Waals surface area contributed by atoms with Crippen LogP contribution in [0.15, 0.2) is 30.4 Å². The molecule has 0 saturated heterocycles. The average Bonchev–Trinajstić information content (AvgIpc) is 2.77. The highest BCUT2D eigenvalue weighted by molar-refractivity contribution is 5.96. The van der Waals surface area contributed by atoms with E-state index in [4.69, 9.17) is 4.74 Å². The fourth-order valence-electron chi connectivity index (χ4n) is 3.60. The minimum atomic E-state index is -1.22. The number of unbranched alkanes of at least 4 members (excludes halogenated alkanes) is 11. The lowest BCUT2D eigenvalue weighted by molar-refractivity contribution is -0.131. The normalized spacial score (nSPS) is 11.0. The van der Waals surface area contributed by atoms with Gasteiger partial charge in [-0.25, -0.2) is 4.79 Å². The number of carboxylic acid groups (broad SMARTS) is 1. The Kier molecular flexibility index (Phi) is 15.4. The van der Waals surface area contributed by atoms with Crippen LogP contribution in [0.4, 0.5) is 5.69 Å². The number of amides is 1. The number of anilines is 1. The first-order chi connectivity index (χ1) is 15.9. The Balaban J connectivity index is 2.12. The third-order valence-electron chi connectivity index (χ3n) is 5.41. The molecule has 0 fully saturated rings. The predicted molar refractivity (Wildman–Crippen MR) is 133 cm³/mol. The van der Waals surface area contributed by atoms with E-state index >= 15 is 0 Å². The predicted octanol–water partition coefficient (Wildman–Crippen LogP) is 7.29. The molecular formula is C27H41NO5. The van der Waals surface area contributed by atoms with Crippen LogP contribution in [0.2, 0.25) is 0 Å². The van der Waals surface area contributed by atoms with Crippen molar-refractivity contribution in [3.8, 4) is 5.75 Å². The molecule has 0 atom stereocenters. The minimum Gasteiger partial charge on any atom is -0.478 e. The van der Waals surface area contributed by atoms with E-state index in [1.165, 1.54) is 82.9 Å². The topological polar surface area (TPSA) is 92.7 Å². The number of carbonyl (C=O) groups is 3. The number of benzene rings is 1. The Morgan fingerprint density at radius 1 is 0.879 bits per heavy atom. The number of allylic oxidation sites excluding steroid dienone is 2. The number of esters is 1. The van der Waals surface area contributed by atoms with Gasteiger partial charge >= 0.3 is 11.9 Å². The van der Waals surface area contributed by atoms with Crippen LogP contribution in [0.1, 0.15) is 114 Å². The van der Waals surface area contributed by atoms with E-state index in [9.17, 15) is 19.5 Å². The molecule has 0 spiro atoms.